The van der Waals surface area contributed by atoms with E-state index in [1.165, 1.54) is 0 Å². The van der Waals surface area contributed by atoms with E-state index in [0.717, 1.165) is 6.26 Å². The number of rotatable bonds is 3. The lowest BCUT2D eigenvalue weighted by atomic mass is 10.4. The molecule has 0 amide bonds. The highest BCUT2D eigenvalue weighted by Gasteiger charge is 1.79. The number of hydrogen-bond acceptors (Lipinski definition) is 2. The molecular formula is C6H9BrO2. The van der Waals surface area contributed by atoms with Crippen molar-refractivity contribution in [3.8, 4) is 0 Å². The van der Waals surface area contributed by atoms with E-state index in [1.54, 1.807) is 12.2 Å². The van der Waals surface area contributed by atoms with Gasteiger partial charge in [0.05, 0.1) is 10.7 Å². The van der Waals surface area contributed by atoms with E-state index >= 15 is 0 Å². The fraction of sp³-hybridized carbons (Fsp3) is 0.333. The predicted octanol–water partition coefficient (Wildman–Crippen LogP) is 1.72. The van der Waals surface area contributed by atoms with E-state index in [1.807, 2.05) is 0 Å². The predicted molar refractivity (Wildman–Crippen MR) is 40.5 cm³/mol. The number of aliphatic hydroxyl groups excluding tert-OH is 2. The second-order valence-corrected chi connectivity index (χ2v) is 2.34. The molecule has 0 saturated heterocycles. The van der Waals surface area contributed by atoms with Crippen molar-refractivity contribution >= 4 is 15.9 Å². The zero-order chi connectivity index (χ0) is 7.11. The van der Waals surface area contributed by atoms with Gasteiger partial charge in [-0.3, -0.25) is 0 Å². The van der Waals surface area contributed by atoms with E-state index in [4.69, 9.17) is 10.2 Å². The highest BCUT2D eigenvalue weighted by Crippen LogP contribution is 2.04. The lowest BCUT2D eigenvalue weighted by molar-refractivity contribution is 0.302. The highest BCUT2D eigenvalue weighted by molar-refractivity contribution is 9.11. The summed E-state index contributed by atoms with van der Waals surface area (Å²) in [5.41, 5.74) is 0. The molecule has 0 radical (unpaired) electrons. The van der Waals surface area contributed by atoms with Crippen LogP contribution in [-0.2, 0) is 0 Å². The first kappa shape index (κ1) is 8.72. The van der Waals surface area contributed by atoms with Gasteiger partial charge in [0.15, 0.2) is 0 Å². The highest BCUT2D eigenvalue weighted by atomic mass is 79.9. The van der Waals surface area contributed by atoms with Crippen molar-refractivity contribution in [3.63, 3.8) is 0 Å². The molecule has 2 N–H and O–H groups in total. The van der Waals surface area contributed by atoms with Gasteiger partial charge in [-0.05, 0) is 28.4 Å². The Morgan fingerprint density at radius 2 is 2.22 bits per heavy atom. The molecule has 0 spiro atoms. The Bertz CT molecular complexity index is 118. The minimum Gasteiger partial charge on any atom is -0.514 e. The normalized spacial score (nSPS) is 12.9. The van der Waals surface area contributed by atoms with Crippen LogP contribution in [0, 0.1) is 0 Å². The van der Waals surface area contributed by atoms with Crippen LogP contribution in [-0.4, -0.2) is 16.8 Å². The first-order chi connectivity index (χ1) is 4.31. The average Bonchev–Trinajstić information content (AvgIpc) is 1.89. The van der Waals surface area contributed by atoms with E-state index < -0.39 is 0 Å². The van der Waals surface area contributed by atoms with Crippen molar-refractivity contribution < 1.29 is 10.2 Å². The molecule has 0 aromatic heterocycles. The Labute approximate surface area is 62.6 Å². The van der Waals surface area contributed by atoms with Gasteiger partial charge < -0.3 is 10.2 Å². The Morgan fingerprint density at radius 1 is 1.56 bits per heavy atom. The molecule has 0 aromatic rings. The third kappa shape index (κ3) is 5.59. The molecule has 52 valence electrons. The summed E-state index contributed by atoms with van der Waals surface area (Å²) in [4.78, 5) is 0. The lowest BCUT2D eigenvalue weighted by Crippen LogP contribution is -1.74. The third-order valence-corrected chi connectivity index (χ3v) is 1.17. The summed E-state index contributed by atoms with van der Waals surface area (Å²) in [6.07, 6.45) is 5.00. The summed E-state index contributed by atoms with van der Waals surface area (Å²) in [6.45, 7) is 0.141. The van der Waals surface area contributed by atoms with Crippen LogP contribution < -0.4 is 0 Å². The maximum atomic E-state index is 8.31. The van der Waals surface area contributed by atoms with E-state index in [9.17, 15) is 0 Å². The standard InChI is InChI=1S/C6H9BrO2/c7-6(5-9)3-1-2-4-8/h1,3,5,8-9H,2,4H2/b3-1+,6-5-. The molecule has 0 rings (SSSR count). The average molecular weight is 193 g/mol. The first-order valence-corrected chi connectivity index (χ1v) is 3.38. The minimum atomic E-state index is 0.141. The molecule has 0 aliphatic carbocycles. The molecule has 0 heterocycles. The van der Waals surface area contributed by atoms with Crippen molar-refractivity contribution in [2.24, 2.45) is 0 Å². The molecule has 0 aliphatic heterocycles. The zero-order valence-corrected chi connectivity index (χ0v) is 6.50. The van der Waals surface area contributed by atoms with Crippen molar-refractivity contribution in [2.45, 2.75) is 6.42 Å². The van der Waals surface area contributed by atoms with Gasteiger partial charge >= 0.3 is 0 Å². The van der Waals surface area contributed by atoms with Gasteiger partial charge in [0, 0.05) is 6.61 Å². The Kier molecular flexibility index (Phi) is 5.67. The Hall–Kier alpha value is -0.280. The van der Waals surface area contributed by atoms with E-state index in [0.29, 0.717) is 10.9 Å². The van der Waals surface area contributed by atoms with Crippen LogP contribution >= 0.6 is 15.9 Å². The second-order valence-electron chi connectivity index (χ2n) is 1.43. The molecule has 0 atom stereocenters. The summed E-state index contributed by atoms with van der Waals surface area (Å²) in [5, 5.41) is 16.6. The van der Waals surface area contributed by atoms with Gasteiger partial charge in [0.25, 0.3) is 0 Å². The molecule has 0 aliphatic rings. The molecule has 9 heavy (non-hydrogen) atoms. The number of aliphatic hydroxyl groups is 2. The van der Waals surface area contributed by atoms with Gasteiger partial charge in [-0.2, -0.15) is 0 Å². The summed E-state index contributed by atoms with van der Waals surface area (Å²) >= 11 is 3.05. The molecule has 0 saturated carbocycles. The van der Waals surface area contributed by atoms with Crippen molar-refractivity contribution in [1.29, 1.82) is 0 Å². The van der Waals surface area contributed by atoms with Gasteiger partial charge in [0.1, 0.15) is 0 Å². The molecule has 3 heteroatoms. The SMILES string of the molecule is O/C=C(Br)/C=C/CCO. The van der Waals surface area contributed by atoms with Gasteiger partial charge in [-0.1, -0.05) is 6.08 Å². The summed E-state index contributed by atoms with van der Waals surface area (Å²) in [6, 6.07) is 0. The van der Waals surface area contributed by atoms with Gasteiger partial charge in [-0.25, -0.2) is 0 Å². The minimum absolute atomic E-state index is 0.141. The largest absolute Gasteiger partial charge is 0.514 e. The Morgan fingerprint density at radius 3 is 2.67 bits per heavy atom. The number of halogens is 1. The summed E-state index contributed by atoms with van der Waals surface area (Å²) < 4.78 is 0.607. The van der Waals surface area contributed by atoms with Crippen LogP contribution in [0.4, 0.5) is 0 Å². The fourth-order valence-corrected chi connectivity index (χ4v) is 0.500. The second kappa shape index (κ2) is 5.85. The quantitative estimate of drug-likeness (QED) is 0.529. The van der Waals surface area contributed by atoms with Crippen LogP contribution in [0.1, 0.15) is 6.42 Å². The molecule has 2 nitrogen and oxygen atoms in total. The maximum absolute atomic E-state index is 8.31. The van der Waals surface area contributed by atoms with Crippen molar-refractivity contribution in [3.05, 3.63) is 22.9 Å². The molecule has 0 unspecified atom stereocenters. The third-order valence-electron chi connectivity index (χ3n) is 0.696. The first-order valence-electron chi connectivity index (χ1n) is 2.58. The summed E-state index contributed by atoms with van der Waals surface area (Å²) in [7, 11) is 0. The lowest BCUT2D eigenvalue weighted by Gasteiger charge is -1.83. The van der Waals surface area contributed by atoms with Gasteiger partial charge in [0.2, 0.25) is 0 Å². The summed E-state index contributed by atoms with van der Waals surface area (Å²) in [5.74, 6) is 0. The van der Waals surface area contributed by atoms with Crippen molar-refractivity contribution in [1.82, 2.24) is 0 Å². The van der Waals surface area contributed by atoms with E-state index in [-0.39, 0.29) is 6.61 Å². The van der Waals surface area contributed by atoms with E-state index in [2.05, 4.69) is 15.9 Å². The molecule has 0 bridgehead atoms. The van der Waals surface area contributed by atoms with Crippen LogP contribution in [0.2, 0.25) is 0 Å². The van der Waals surface area contributed by atoms with Crippen LogP contribution in [0.5, 0.6) is 0 Å². The Balaban J connectivity index is 3.45. The molecule has 0 aromatic carbocycles. The van der Waals surface area contributed by atoms with Crippen molar-refractivity contribution in [2.75, 3.05) is 6.61 Å². The van der Waals surface area contributed by atoms with Crippen LogP contribution in [0.25, 0.3) is 0 Å². The smallest absolute Gasteiger partial charge is 0.0933 e. The number of allylic oxidation sites excluding steroid dienone is 2. The monoisotopic (exact) mass is 192 g/mol. The number of hydrogen-bond donors (Lipinski definition) is 2. The topological polar surface area (TPSA) is 40.5 Å². The van der Waals surface area contributed by atoms with Crippen LogP contribution in [0.15, 0.2) is 22.9 Å². The van der Waals surface area contributed by atoms with Gasteiger partial charge in [-0.15, -0.1) is 0 Å². The maximum Gasteiger partial charge on any atom is 0.0933 e. The fourth-order valence-electron chi connectivity index (χ4n) is 0.313. The molecule has 0 fully saturated rings. The zero-order valence-electron chi connectivity index (χ0n) is 4.92. The van der Waals surface area contributed by atoms with Crippen LogP contribution in [0.3, 0.4) is 0 Å². The molecular weight excluding hydrogens is 184 g/mol.